The lowest BCUT2D eigenvalue weighted by molar-refractivity contribution is -0.384. The maximum absolute atomic E-state index is 12.5. The molecule has 25 heavy (non-hydrogen) atoms. The fraction of sp³-hybridized carbons (Fsp3) is 0.267. The van der Waals surface area contributed by atoms with Gasteiger partial charge in [0.05, 0.1) is 16.7 Å². The molecular formula is C15H15N5O4S. The Kier molecular flexibility index (Phi) is 4.13. The average molecular weight is 361 g/mol. The van der Waals surface area contributed by atoms with Gasteiger partial charge < -0.3 is 10.5 Å². The smallest absolute Gasteiger partial charge is 0.269 e. The summed E-state index contributed by atoms with van der Waals surface area (Å²) in [5, 5.41) is 25.2. The fourth-order valence-electron chi connectivity index (χ4n) is 2.71. The lowest BCUT2D eigenvalue weighted by Gasteiger charge is -2.12. The molecule has 0 saturated heterocycles. The van der Waals surface area contributed by atoms with Gasteiger partial charge in [0, 0.05) is 32.6 Å². The van der Waals surface area contributed by atoms with Gasteiger partial charge in [-0.3, -0.25) is 24.0 Å². The van der Waals surface area contributed by atoms with Crippen LogP contribution in [0.3, 0.4) is 0 Å². The van der Waals surface area contributed by atoms with E-state index in [-0.39, 0.29) is 27.9 Å². The molecule has 2 heterocycles. The molecule has 0 saturated carbocycles. The average Bonchev–Trinajstić information content (AvgIpc) is 3.08. The van der Waals surface area contributed by atoms with E-state index in [2.05, 4.69) is 10.5 Å². The maximum Gasteiger partial charge on any atom is 0.269 e. The summed E-state index contributed by atoms with van der Waals surface area (Å²) < 4.78 is 2.81. The van der Waals surface area contributed by atoms with Crippen LogP contribution < -0.4 is 11.0 Å². The van der Waals surface area contributed by atoms with Crippen LogP contribution in [0, 0.1) is 14.9 Å². The number of rotatable bonds is 3. The molecule has 1 aromatic carbocycles. The number of nitrogens with zero attached hydrogens (tertiary/aromatic N) is 4. The first-order chi connectivity index (χ1) is 11.8. The molecule has 0 fully saturated rings. The topological polar surface area (TPSA) is 115 Å². The van der Waals surface area contributed by atoms with Gasteiger partial charge in [0.2, 0.25) is 5.88 Å². The van der Waals surface area contributed by atoms with E-state index < -0.39 is 10.5 Å². The second-order valence-electron chi connectivity index (χ2n) is 5.70. The van der Waals surface area contributed by atoms with Crippen molar-refractivity contribution in [1.29, 1.82) is 0 Å². The third-order valence-corrected chi connectivity index (χ3v) is 4.73. The molecule has 2 aromatic rings. The second kappa shape index (κ2) is 6.13. The molecule has 1 unspecified atom stereocenters. The van der Waals surface area contributed by atoms with Crippen molar-refractivity contribution < 1.29 is 10.0 Å². The van der Waals surface area contributed by atoms with E-state index in [1.165, 1.54) is 28.3 Å². The van der Waals surface area contributed by atoms with E-state index in [1.54, 1.807) is 19.2 Å². The van der Waals surface area contributed by atoms with Crippen LogP contribution in [0.5, 0.6) is 5.88 Å². The number of nitro groups is 1. The van der Waals surface area contributed by atoms with Crippen molar-refractivity contribution in [3.63, 3.8) is 0 Å². The van der Waals surface area contributed by atoms with Gasteiger partial charge in [0.15, 0.2) is 4.77 Å². The number of nitrogens with one attached hydrogen (secondary N) is 1. The molecule has 9 nitrogen and oxygen atoms in total. The van der Waals surface area contributed by atoms with Crippen LogP contribution in [-0.2, 0) is 14.1 Å². The van der Waals surface area contributed by atoms with Gasteiger partial charge in [0.1, 0.15) is 5.56 Å². The molecule has 0 radical (unpaired) electrons. The molecule has 0 amide bonds. The standard InChI is InChI=1S/C15H15N5O4S/c1-18-13(21)12(14(22)19(2)15(18)25)11-7-10(16-17-11)8-3-5-9(6-4-8)20(23)24/h3-6,10,16,21H,7H2,1-2H3. The third kappa shape index (κ3) is 2.80. The predicted molar refractivity (Wildman–Crippen MR) is 93.3 cm³/mol. The van der Waals surface area contributed by atoms with Gasteiger partial charge in [-0.2, -0.15) is 5.10 Å². The number of hydrogen-bond donors (Lipinski definition) is 2. The molecule has 130 valence electrons. The minimum Gasteiger partial charge on any atom is -0.494 e. The largest absolute Gasteiger partial charge is 0.494 e. The highest BCUT2D eigenvalue weighted by Gasteiger charge is 2.27. The third-order valence-electron chi connectivity index (χ3n) is 4.18. The van der Waals surface area contributed by atoms with E-state index >= 15 is 0 Å². The minimum atomic E-state index is -0.466. The van der Waals surface area contributed by atoms with E-state index in [1.807, 2.05) is 0 Å². The summed E-state index contributed by atoms with van der Waals surface area (Å²) in [5.74, 6) is -0.238. The van der Waals surface area contributed by atoms with Crippen molar-refractivity contribution in [2.75, 3.05) is 0 Å². The first-order valence-electron chi connectivity index (χ1n) is 7.37. The highest BCUT2D eigenvalue weighted by Crippen LogP contribution is 2.27. The number of aromatic hydroxyl groups is 1. The number of nitro benzene ring substituents is 1. The van der Waals surface area contributed by atoms with Gasteiger partial charge in [-0.15, -0.1) is 0 Å². The first-order valence-corrected chi connectivity index (χ1v) is 7.78. The predicted octanol–water partition coefficient (Wildman–Crippen LogP) is 1.51. The first kappa shape index (κ1) is 16.8. The molecule has 0 aliphatic carbocycles. The van der Waals surface area contributed by atoms with Gasteiger partial charge in [-0.25, -0.2) is 0 Å². The van der Waals surface area contributed by atoms with E-state index in [0.29, 0.717) is 12.1 Å². The van der Waals surface area contributed by atoms with Crippen molar-refractivity contribution in [1.82, 2.24) is 14.6 Å². The van der Waals surface area contributed by atoms with Crippen molar-refractivity contribution in [3.05, 3.63) is 60.6 Å². The molecule has 0 spiro atoms. The van der Waals surface area contributed by atoms with Crippen LogP contribution in [0.2, 0.25) is 0 Å². The van der Waals surface area contributed by atoms with Crippen molar-refractivity contribution in [2.45, 2.75) is 12.5 Å². The van der Waals surface area contributed by atoms with Crippen LogP contribution >= 0.6 is 12.2 Å². The monoisotopic (exact) mass is 361 g/mol. The van der Waals surface area contributed by atoms with Crippen LogP contribution in [0.15, 0.2) is 34.2 Å². The molecule has 2 N–H and O–H groups in total. The maximum atomic E-state index is 12.5. The summed E-state index contributed by atoms with van der Waals surface area (Å²) in [5.41, 5.74) is 3.78. The van der Waals surface area contributed by atoms with E-state index in [4.69, 9.17) is 12.2 Å². The van der Waals surface area contributed by atoms with Gasteiger partial charge >= 0.3 is 0 Å². The molecule has 0 bridgehead atoms. The summed E-state index contributed by atoms with van der Waals surface area (Å²) >= 11 is 5.09. The Morgan fingerprint density at radius 1 is 1.32 bits per heavy atom. The highest BCUT2D eigenvalue weighted by molar-refractivity contribution is 7.71. The van der Waals surface area contributed by atoms with Crippen LogP contribution in [0.1, 0.15) is 23.6 Å². The number of benzene rings is 1. The molecule has 1 aromatic heterocycles. The molecule has 1 atom stereocenters. The van der Waals surface area contributed by atoms with Gasteiger partial charge in [-0.05, 0) is 17.8 Å². The number of hydrazone groups is 1. The zero-order valence-corrected chi connectivity index (χ0v) is 14.3. The minimum absolute atomic E-state index is 0.00228. The van der Waals surface area contributed by atoms with Crippen LogP contribution in [-0.4, -0.2) is 24.9 Å². The zero-order chi connectivity index (χ0) is 18.3. The molecule has 1 aliphatic rings. The Balaban J connectivity index is 1.92. The summed E-state index contributed by atoms with van der Waals surface area (Å²) in [4.78, 5) is 22.7. The molecule has 10 heteroatoms. The van der Waals surface area contributed by atoms with E-state index in [0.717, 1.165) is 5.56 Å². The van der Waals surface area contributed by atoms with Crippen molar-refractivity contribution >= 4 is 23.6 Å². The molecule has 1 aliphatic heterocycles. The lowest BCUT2D eigenvalue weighted by Crippen LogP contribution is -2.28. The normalized spacial score (nSPS) is 16.4. The van der Waals surface area contributed by atoms with Crippen molar-refractivity contribution in [2.24, 2.45) is 19.2 Å². The lowest BCUT2D eigenvalue weighted by atomic mass is 10.00. The SMILES string of the molecule is Cn1c(O)c(C2=NNC(c3ccc([N+](=O)[O-])cc3)C2)c(=O)n(C)c1=S. The second-order valence-corrected chi connectivity index (χ2v) is 6.06. The Labute approximate surface area is 147 Å². The van der Waals surface area contributed by atoms with Crippen LogP contribution in [0.4, 0.5) is 5.69 Å². The molecular weight excluding hydrogens is 346 g/mol. The quantitative estimate of drug-likeness (QED) is 0.486. The Morgan fingerprint density at radius 2 is 1.96 bits per heavy atom. The Morgan fingerprint density at radius 3 is 2.56 bits per heavy atom. The summed E-state index contributed by atoms with van der Waals surface area (Å²) in [7, 11) is 3.10. The number of hydrogen-bond acceptors (Lipinski definition) is 7. The summed E-state index contributed by atoms with van der Waals surface area (Å²) in [6, 6.07) is 5.86. The number of aromatic nitrogens is 2. The van der Waals surface area contributed by atoms with Crippen LogP contribution in [0.25, 0.3) is 0 Å². The van der Waals surface area contributed by atoms with E-state index in [9.17, 15) is 20.0 Å². The highest BCUT2D eigenvalue weighted by atomic mass is 32.1. The zero-order valence-electron chi connectivity index (χ0n) is 13.5. The summed E-state index contributed by atoms with van der Waals surface area (Å²) in [6.45, 7) is 0. The van der Waals surface area contributed by atoms with Gasteiger partial charge in [-0.1, -0.05) is 12.1 Å². The van der Waals surface area contributed by atoms with Gasteiger partial charge in [0.25, 0.3) is 11.2 Å². The fourth-order valence-corrected chi connectivity index (χ4v) is 2.87. The number of non-ortho nitro benzene ring substituents is 1. The van der Waals surface area contributed by atoms with Crippen molar-refractivity contribution in [3.8, 4) is 5.88 Å². The Bertz CT molecular complexity index is 1010. The Hall–Kier alpha value is -3.01. The summed E-state index contributed by atoms with van der Waals surface area (Å²) in [6.07, 6.45) is 0.359. The molecule has 3 rings (SSSR count).